The van der Waals surface area contributed by atoms with Gasteiger partial charge in [0.05, 0.1) is 9.99 Å². The lowest BCUT2D eigenvalue weighted by atomic mass is 10.2. The Morgan fingerprint density at radius 1 is 1.31 bits per heavy atom. The molecule has 0 aliphatic carbocycles. The molecule has 2 heterocycles. The van der Waals surface area contributed by atoms with Crippen molar-refractivity contribution in [1.29, 1.82) is 0 Å². The van der Waals surface area contributed by atoms with E-state index in [-0.39, 0.29) is 0 Å². The van der Waals surface area contributed by atoms with Gasteiger partial charge in [0.1, 0.15) is 11.6 Å². The smallest absolute Gasteiger partial charge is 0.142 e. The van der Waals surface area contributed by atoms with Crippen LogP contribution >= 0.6 is 22.6 Å². The van der Waals surface area contributed by atoms with E-state index in [1.165, 1.54) is 0 Å². The van der Waals surface area contributed by atoms with Gasteiger partial charge in [-0.05, 0) is 34.7 Å². The van der Waals surface area contributed by atoms with E-state index in [4.69, 9.17) is 0 Å². The Balaban J connectivity index is 2.22. The number of hydrogen-bond acceptors (Lipinski definition) is 4. The molecular weight excluding hydrogens is 315 g/mol. The highest BCUT2D eigenvalue weighted by atomic mass is 127. The van der Waals surface area contributed by atoms with Crippen molar-refractivity contribution < 1.29 is 0 Å². The van der Waals surface area contributed by atoms with Crippen molar-refractivity contribution in [3.8, 4) is 0 Å². The van der Waals surface area contributed by atoms with Crippen molar-refractivity contribution in [2.75, 3.05) is 12.4 Å². The van der Waals surface area contributed by atoms with Crippen molar-refractivity contribution in [3.05, 3.63) is 45.7 Å². The van der Waals surface area contributed by atoms with Crippen LogP contribution in [0.1, 0.15) is 11.5 Å². The van der Waals surface area contributed by atoms with Gasteiger partial charge in [-0.15, -0.1) is 0 Å². The first kappa shape index (κ1) is 11.3. The summed E-state index contributed by atoms with van der Waals surface area (Å²) in [5.74, 6) is 1.64. The largest absolute Gasteiger partial charge is 0.372 e. The minimum atomic E-state index is 0.659. The third kappa shape index (κ3) is 2.66. The van der Waals surface area contributed by atoms with Crippen LogP contribution in [-0.4, -0.2) is 22.0 Å². The van der Waals surface area contributed by atoms with E-state index in [2.05, 4.69) is 42.9 Å². The van der Waals surface area contributed by atoms with Gasteiger partial charge in [0.2, 0.25) is 0 Å². The maximum Gasteiger partial charge on any atom is 0.142 e. The van der Waals surface area contributed by atoms with Crippen LogP contribution in [-0.2, 0) is 6.42 Å². The Bertz CT molecular complexity index is 473. The van der Waals surface area contributed by atoms with Crippen LogP contribution in [0.15, 0.2) is 30.6 Å². The molecule has 16 heavy (non-hydrogen) atoms. The molecule has 0 saturated heterocycles. The normalized spacial score (nSPS) is 10.1. The van der Waals surface area contributed by atoms with Gasteiger partial charge >= 0.3 is 0 Å². The van der Waals surface area contributed by atoms with Gasteiger partial charge in [0.15, 0.2) is 0 Å². The standard InChI is InChI=1S/C11H11IN4/c1-13-11-9(12)7-15-10(16-11)6-8-4-2-3-5-14-8/h2-5,7H,6H2,1H3,(H,13,15,16). The molecule has 0 bridgehead atoms. The number of nitrogens with zero attached hydrogens (tertiary/aromatic N) is 3. The molecule has 0 saturated carbocycles. The van der Waals surface area contributed by atoms with Crippen LogP contribution in [0, 0.1) is 3.57 Å². The molecule has 0 aliphatic heterocycles. The lowest BCUT2D eigenvalue weighted by molar-refractivity contribution is 0.932. The van der Waals surface area contributed by atoms with Crippen molar-refractivity contribution in [3.63, 3.8) is 0 Å². The van der Waals surface area contributed by atoms with Gasteiger partial charge in [-0.2, -0.15) is 0 Å². The number of hydrogen-bond donors (Lipinski definition) is 1. The molecule has 0 aromatic carbocycles. The van der Waals surface area contributed by atoms with Crippen molar-refractivity contribution in [2.45, 2.75) is 6.42 Å². The van der Waals surface area contributed by atoms with E-state index in [1.807, 2.05) is 31.4 Å². The molecule has 0 amide bonds. The third-order valence-electron chi connectivity index (χ3n) is 2.10. The first-order valence-corrected chi connectivity index (χ1v) is 5.96. The summed E-state index contributed by atoms with van der Waals surface area (Å²) in [4.78, 5) is 12.9. The predicted octanol–water partition coefficient (Wildman–Crippen LogP) is 2.11. The molecular formula is C11H11IN4. The summed E-state index contributed by atoms with van der Waals surface area (Å²) in [7, 11) is 1.86. The second-order valence-electron chi connectivity index (χ2n) is 3.23. The average molecular weight is 326 g/mol. The van der Waals surface area contributed by atoms with E-state index in [1.54, 1.807) is 6.20 Å². The highest BCUT2D eigenvalue weighted by Gasteiger charge is 2.04. The average Bonchev–Trinajstić information content (AvgIpc) is 2.33. The van der Waals surface area contributed by atoms with Crippen molar-refractivity contribution in [1.82, 2.24) is 15.0 Å². The molecule has 1 N–H and O–H groups in total. The summed E-state index contributed by atoms with van der Waals surface area (Å²) < 4.78 is 1.02. The van der Waals surface area contributed by atoms with Crippen LogP contribution < -0.4 is 5.32 Å². The summed E-state index contributed by atoms with van der Waals surface area (Å²) >= 11 is 2.20. The number of nitrogens with one attached hydrogen (secondary N) is 1. The molecule has 0 spiro atoms. The minimum absolute atomic E-state index is 0.659. The number of aromatic nitrogens is 3. The number of halogens is 1. The summed E-state index contributed by atoms with van der Waals surface area (Å²) in [6, 6.07) is 5.84. The predicted molar refractivity (Wildman–Crippen MR) is 71.3 cm³/mol. The van der Waals surface area contributed by atoms with E-state index in [0.717, 1.165) is 20.9 Å². The van der Waals surface area contributed by atoms with E-state index < -0.39 is 0 Å². The topological polar surface area (TPSA) is 50.7 Å². The van der Waals surface area contributed by atoms with Crippen LogP contribution in [0.4, 0.5) is 5.82 Å². The summed E-state index contributed by atoms with van der Waals surface area (Å²) in [6.07, 6.45) is 4.26. The fraction of sp³-hybridized carbons (Fsp3) is 0.182. The highest BCUT2D eigenvalue weighted by molar-refractivity contribution is 14.1. The molecule has 82 valence electrons. The van der Waals surface area contributed by atoms with Crippen LogP contribution in [0.2, 0.25) is 0 Å². The molecule has 2 aromatic rings. The van der Waals surface area contributed by atoms with E-state index >= 15 is 0 Å². The third-order valence-corrected chi connectivity index (χ3v) is 2.89. The first-order valence-electron chi connectivity index (χ1n) is 4.88. The molecule has 0 unspecified atom stereocenters. The zero-order valence-electron chi connectivity index (χ0n) is 8.81. The Morgan fingerprint density at radius 2 is 2.19 bits per heavy atom. The van der Waals surface area contributed by atoms with Crippen molar-refractivity contribution >= 4 is 28.4 Å². The van der Waals surface area contributed by atoms with Gasteiger partial charge in [-0.1, -0.05) is 6.07 Å². The van der Waals surface area contributed by atoms with E-state index in [9.17, 15) is 0 Å². The molecule has 0 fully saturated rings. The van der Waals surface area contributed by atoms with Crippen molar-refractivity contribution in [2.24, 2.45) is 0 Å². The van der Waals surface area contributed by atoms with Crippen LogP contribution in [0.3, 0.4) is 0 Å². The zero-order valence-corrected chi connectivity index (χ0v) is 11.0. The molecule has 0 atom stereocenters. The second kappa shape index (κ2) is 5.20. The number of anilines is 1. The van der Waals surface area contributed by atoms with Gasteiger partial charge in [-0.25, -0.2) is 9.97 Å². The van der Waals surface area contributed by atoms with Crippen LogP contribution in [0.5, 0.6) is 0 Å². The summed E-state index contributed by atoms with van der Waals surface area (Å²) in [5.41, 5.74) is 0.978. The molecule has 5 heteroatoms. The Labute approximate surface area is 108 Å². The zero-order chi connectivity index (χ0) is 11.4. The second-order valence-corrected chi connectivity index (χ2v) is 4.39. The monoisotopic (exact) mass is 326 g/mol. The fourth-order valence-corrected chi connectivity index (χ4v) is 1.86. The quantitative estimate of drug-likeness (QED) is 0.878. The number of pyridine rings is 1. The van der Waals surface area contributed by atoms with Crippen LogP contribution in [0.25, 0.3) is 0 Å². The van der Waals surface area contributed by atoms with E-state index in [0.29, 0.717) is 6.42 Å². The molecule has 0 radical (unpaired) electrons. The number of rotatable bonds is 3. The Morgan fingerprint density at radius 3 is 2.88 bits per heavy atom. The summed E-state index contributed by atoms with van der Waals surface area (Å²) in [6.45, 7) is 0. The molecule has 0 aliphatic rings. The summed E-state index contributed by atoms with van der Waals surface area (Å²) in [5, 5.41) is 3.04. The Kier molecular flexibility index (Phi) is 3.66. The lowest BCUT2D eigenvalue weighted by Crippen LogP contribution is -2.03. The molecule has 4 nitrogen and oxygen atoms in total. The van der Waals surface area contributed by atoms with Gasteiger partial charge < -0.3 is 5.32 Å². The lowest BCUT2D eigenvalue weighted by Gasteiger charge is -2.04. The highest BCUT2D eigenvalue weighted by Crippen LogP contribution is 2.14. The first-order chi connectivity index (χ1) is 7.79. The maximum absolute atomic E-state index is 4.42. The minimum Gasteiger partial charge on any atom is -0.372 e. The van der Waals surface area contributed by atoms with Gasteiger partial charge in [0.25, 0.3) is 0 Å². The Hall–Kier alpha value is -1.24. The van der Waals surface area contributed by atoms with Gasteiger partial charge in [0, 0.05) is 25.1 Å². The molecule has 2 aromatic heterocycles. The fourth-order valence-electron chi connectivity index (χ4n) is 1.33. The maximum atomic E-state index is 4.42. The molecule has 2 rings (SSSR count). The van der Waals surface area contributed by atoms with Gasteiger partial charge in [-0.3, -0.25) is 4.98 Å². The SMILES string of the molecule is CNc1nc(Cc2ccccn2)ncc1I.